The van der Waals surface area contributed by atoms with Crippen molar-refractivity contribution in [2.75, 3.05) is 6.54 Å². The minimum atomic E-state index is -0.249. The second kappa shape index (κ2) is 7.81. The molecule has 1 heterocycles. The zero-order chi connectivity index (χ0) is 16.8. The van der Waals surface area contributed by atoms with Crippen molar-refractivity contribution in [2.45, 2.75) is 38.1 Å². The number of hydrogen-bond acceptors (Lipinski definition) is 3. The highest BCUT2D eigenvalue weighted by Gasteiger charge is 2.21. The van der Waals surface area contributed by atoms with Crippen molar-refractivity contribution < 1.29 is 14.0 Å². The number of hydrogen-bond donors (Lipinski definition) is 2. The Morgan fingerprint density at radius 2 is 2.04 bits per heavy atom. The maximum Gasteiger partial charge on any atom is 0.286 e. The van der Waals surface area contributed by atoms with Gasteiger partial charge in [-0.2, -0.15) is 0 Å². The van der Waals surface area contributed by atoms with Gasteiger partial charge < -0.3 is 15.1 Å². The van der Waals surface area contributed by atoms with Gasteiger partial charge in [0, 0.05) is 13.0 Å². The third-order valence-corrected chi connectivity index (χ3v) is 4.32. The lowest BCUT2D eigenvalue weighted by Gasteiger charge is -2.26. The molecule has 126 valence electrons. The molecule has 2 amide bonds. The van der Waals surface area contributed by atoms with E-state index in [0.717, 1.165) is 19.3 Å². The summed E-state index contributed by atoms with van der Waals surface area (Å²) in [6.45, 7) is 0.453. The lowest BCUT2D eigenvalue weighted by Crippen LogP contribution is -2.31. The Labute approximate surface area is 141 Å². The van der Waals surface area contributed by atoms with Gasteiger partial charge in [0.25, 0.3) is 5.91 Å². The first-order valence-electron chi connectivity index (χ1n) is 8.43. The van der Waals surface area contributed by atoms with Crippen LogP contribution in [0.1, 0.15) is 53.4 Å². The van der Waals surface area contributed by atoms with Crippen LogP contribution >= 0.6 is 0 Å². The molecule has 2 N–H and O–H groups in total. The third kappa shape index (κ3) is 4.04. The van der Waals surface area contributed by atoms with Crippen molar-refractivity contribution in [3.63, 3.8) is 0 Å². The molecule has 0 saturated heterocycles. The first-order valence-corrected chi connectivity index (χ1v) is 8.43. The molecule has 0 saturated carbocycles. The Bertz CT molecular complexity index is 694. The van der Waals surface area contributed by atoms with Crippen molar-refractivity contribution >= 4 is 11.8 Å². The van der Waals surface area contributed by atoms with Crippen molar-refractivity contribution in [1.29, 1.82) is 0 Å². The fourth-order valence-electron chi connectivity index (χ4n) is 3.12. The van der Waals surface area contributed by atoms with Crippen LogP contribution in [0.3, 0.4) is 0 Å². The van der Waals surface area contributed by atoms with Crippen molar-refractivity contribution in [3.05, 3.63) is 59.5 Å². The molecule has 3 rings (SSSR count). The Morgan fingerprint density at radius 1 is 1.17 bits per heavy atom. The average molecular weight is 326 g/mol. The van der Waals surface area contributed by atoms with Crippen LogP contribution in [0.4, 0.5) is 0 Å². The number of furan rings is 1. The Kier molecular flexibility index (Phi) is 5.31. The molecule has 2 aromatic rings. The summed E-state index contributed by atoms with van der Waals surface area (Å²) in [4.78, 5) is 23.9. The largest absolute Gasteiger partial charge is 0.459 e. The van der Waals surface area contributed by atoms with E-state index >= 15 is 0 Å². The van der Waals surface area contributed by atoms with Crippen LogP contribution in [0.25, 0.3) is 0 Å². The van der Waals surface area contributed by atoms with Crippen LogP contribution in [-0.4, -0.2) is 18.4 Å². The van der Waals surface area contributed by atoms with E-state index in [9.17, 15) is 9.59 Å². The fraction of sp³-hybridized carbons (Fsp3) is 0.368. The number of rotatable bonds is 6. The summed E-state index contributed by atoms with van der Waals surface area (Å²) in [6, 6.07) is 11.7. The van der Waals surface area contributed by atoms with Crippen LogP contribution in [0.5, 0.6) is 0 Å². The van der Waals surface area contributed by atoms with Crippen LogP contribution < -0.4 is 10.6 Å². The van der Waals surface area contributed by atoms with Gasteiger partial charge in [0.05, 0.1) is 12.3 Å². The molecule has 0 radical (unpaired) electrons. The number of carbonyl (C=O) groups is 2. The van der Waals surface area contributed by atoms with Crippen LogP contribution in [0.15, 0.2) is 47.1 Å². The predicted molar refractivity (Wildman–Crippen MR) is 90.5 cm³/mol. The molecule has 0 bridgehead atoms. The maximum atomic E-state index is 12.2. The van der Waals surface area contributed by atoms with Gasteiger partial charge in [-0.15, -0.1) is 0 Å². The van der Waals surface area contributed by atoms with E-state index in [-0.39, 0.29) is 17.9 Å². The topological polar surface area (TPSA) is 71.3 Å². The minimum Gasteiger partial charge on any atom is -0.459 e. The molecule has 5 heteroatoms. The third-order valence-electron chi connectivity index (χ3n) is 4.32. The molecule has 0 spiro atoms. The Hall–Kier alpha value is -2.56. The maximum absolute atomic E-state index is 12.2. The van der Waals surface area contributed by atoms with E-state index in [1.807, 2.05) is 12.1 Å². The van der Waals surface area contributed by atoms with E-state index in [1.165, 1.54) is 17.4 Å². The molecule has 1 aromatic carbocycles. The highest BCUT2D eigenvalue weighted by Crippen LogP contribution is 2.29. The smallest absolute Gasteiger partial charge is 0.286 e. The lowest BCUT2D eigenvalue weighted by atomic mass is 9.87. The average Bonchev–Trinajstić information content (AvgIpc) is 3.14. The van der Waals surface area contributed by atoms with E-state index in [1.54, 1.807) is 12.1 Å². The summed E-state index contributed by atoms with van der Waals surface area (Å²) in [5.74, 6) is 0.0730. The van der Waals surface area contributed by atoms with E-state index in [2.05, 4.69) is 22.8 Å². The van der Waals surface area contributed by atoms with Crippen molar-refractivity contribution in [1.82, 2.24) is 10.6 Å². The zero-order valence-electron chi connectivity index (χ0n) is 13.6. The molecule has 0 aliphatic heterocycles. The molecule has 5 nitrogen and oxygen atoms in total. The van der Waals surface area contributed by atoms with Gasteiger partial charge in [0.2, 0.25) is 5.91 Å². The SMILES string of the molecule is O=C(CCCNC(=O)c1ccco1)N[C@H]1CCCc2ccccc21. The Morgan fingerprint density at radius 3 is 2.88 bits per heavy atom. The first kappa shape index (κ1) is 16.3. The van der Waals surface area contributed by atoms with Gasteiger partial charge in [0.1, 0.15) is 0 Å². The van der Waals surface area contributed by atoms with Crippen LogP contribution in [0.2, 0.25) is 0 Å². The van der Waals surface area contributed by atoms with Gasteiger partial charge in [-0.25, -0.2) is 0 Å². The van der Waals surface area contributed by atoms with E-state index in [4.69, 9.17) is 4.42 Å². The van der Waals surface area contributed by atoms with Gasteiger partial charge in [-0.3, -0.25) is 9.59 Å². The zero-order valence-corrected chi connectivity index (χ0v) is 13.6. The summed E-state index contributed by atoms with van der Waals surface area (Å²) < 4.78 is 5.02. The lowest BCUT2D eigenvalue weighted by molar-refractivity contribution is -0.122. The Balaban J connectivity index is 1.41. The number of nitrogens with one attached hydrogen (secondary N) is 2. The summed E-state index contributed by atoms with van der Waals surface area (Å²) in [6.07, 6.45) is 5.63. The molecular formula is C19H22N2O3. The number of aryl methyl sites for hydroxylation is 1. The second-order valence-electron chi connectivity index (χ2n) is 6.05. The molecule has 24 heavy (non-hydrogen) atoms. The van der Waals surface area contributed by atoms with Crippen molar-refractivity contribution in [2.24, 2.45) is 0 Å². The quantitative estimate of drug-likeness (QED) is 0.802. The first-order chi connectivity index (χ1) is 11.7. The van der Waals surface area contributed by atoms with Crippen LogP contribution in [-0.2, 0) is 11.2 Å². The monoisotopic (exact) mass is 326 g/mol. The standard InChI is InChI=1S/C19H22N2O3/c22-18(11-4-12-20-19(23)17-10-5-13-24-17)21-16-9-3-7-14-6-1-2-8-15(14)16/h1-2,5-6,8,10,13,16H,3-4,7,9,11-12H2,(H,20,23)(H,21,22)/t16-/m0/s1. The molecular weight excluding hydrogens is 304 g/mol. The fourth-order valence-corrected chi connectivity index (χ4v) is 3.12. The molecule has 1 aromatic heterocycles. The normalized spacial score (nSPS) is 16.2. The summed E-state index contributed by atoms with van der Waals surface area (Å²) >= 11 is 0. The summed E-state index contributed by atoms with van der Waals surface area (Å²) in [5.41, 5.74) is 2.57. The van der Waals surface area contributed by atoms with E-state index < -0.39 is 0 Å². The van der Waals surface area contributed by atoms with Crippen LogP contribution in [0, 0.1) is 0 Å². The number of fused-ring (bicyclic) bond motifs is 1. The van der Waals surface area contributed by atoms with Crippen molar-refractivity contribution in [3.8, 4) is 0 Å². The minimum absolute atomic E-state index is 0.0314. The molecule has 1 aliphatic rings. The molecule has 1 aliphatic carbocycles. The predicted octanol–water partition coefficient (Wildman–Crippen LogP) is 2.98. The van der Waals surface area contributed by atoms with Gasteiger partial charge in [-0.1, -0.05) is 24.3 Å². The highest BCUT2D eigenvalue weighted by molar-refractivity contribution is 5.91. The second-order valence-corrected chi connectivity index (χ2v) is 6.05. The molecule has 1 atom stereocenters. The number of amides is 2. The summed E-state index contributed by atoms with van der Waals surface area (Å²) in [5, 5.41) is 5.87. The number of benzene rings is 1. The highest BCUT2D eigenvalue weighted by atomic mass is 16.3. The van der Waals surface area contributed by atoms with Gasteiger partial charge >= 0.3 is 0 Å². The molecule has 0 unspecified atom stereocenters. The summed E-state index contributed by atoms with van der Waals surface area (Å²) in [7, 11) is 0. The number of carbonyl (C=O) groups excluding carboxylic acids is 2. The van der Waals surface area contributed by atoms with E-state index in [0.29, 0.717) is 25.1 Å². The van der Waals surface area contributed by atoms with Gasteiger partial charge in [0.15, 0.2) is 5.76 Å². The molecule has 0 fully saturated rings. The van der Waals surface area contributed by atoms with Gasteiger partial charge in [-0.05, 0) is 48.9 Å².